The molecule has 0 radical (unpaired) electrons. The lowest BCUT2D eigenvalue weighted by Crippen LogP contribution is -2.15. The van der Waals surface area contributed by atoms with E-state index in [0.717, 1.165) is 24.9 Å². The SMILES string of the molecule is NC(=O)c1ccc(Oc2ccc(C(=O)Nc3cccc4c3CCCC4)cc2)cc1. The minimum absolute atomic E-state index is 0.138. The van der Waals surface area contributed by atoms with Gasteiger partial charge in [0.05, 0.1) is 0 Å². The van der Waals surface area contributed by atoms with Crippen LogP contribution in [0.15, 0.2) is 66.7 Å². The van der Waals surface area contributed by atoms with Crippen molar-refractivity contribution in [3.63, 3.8) is 0 Å². The van der Waals surface area contributed by atoms with Gasteiger partial charge in [0, 0.05) is 16.8 Å². The monoisotopic (exact) mass is 386 g/mol. The van der Waals surface area contributed by atoms with Crippen LogP contribution >= 0.6 is 0 Å². The van der Waals surface area contributed by atoms with Gasteiger partial charge in [0.2, 0.25) is 5.91 Å². The van der Waals surface area contributed by atoms with Gasteiger partial charge in [0.15, 0.2) is 0 Å². The second kappa shape index (κ2) is 8.19. The van der Waals surface area contributed by atoms with Crippen molar-refractivity contribution in [1.29, 1.82) is 0 Å². The van der Waals surface area contributed by atoms with E-state index < -0.39 is 5.91 Å². The maximum Gasteiger partial charge on any atom is 0.255 e. The molecule has 0 bridgehead atoms. The van der Waals surface area contributed by atoms with Gasteiger partial charge < -0.3 is 15.8 Å². The summed E-state index contributed by atoms with van der Waals surface area (Å²) in [5.41, 5.74) is 9.72. The lowest BCUT2D eigenvalue weighted by Gasteiger charge is -2.19. The second-order valence-electron chi connectivity index (χ2n) is 7.12. The number of anilines is 1. The number of primary amides is 1. The number of carbonyl (C=O) groups excluding carboxylic acids is 2. The number of fused-ring (bicyclic) bond motifs is 1. The molecule has 29 heavy (non-hydrogen) atoms. The molecule has 0 aliphatic heterocycles. The van der Waals surface area contributed by atoms with Gasteiger partial charge >= 0.3 is 0 Å². The quantitative estimate of drug-likeness (QED) is 0.666. The van der Waals surface area contributed by atoms with E-state index >= 15 is 0 Å². The molecular formula is C24H22N2O3. The molecule has 1 aliphatic carbocycles. The number of hydrogen-bond acceptors (Lipinski definition) is 3. The largest absolute Gasteiger partial charge is 0.457 e. The van der Waals surface area contributed by atoms with Gasteiger partial charge in [-0.1, -0.05) is 12.1 Å². The molecule has 2 amide bonds. The molecule has 0 unspecified atom stereocenters. The summed E-state index contributed by atoms with van der Waals surface area (Å²) in [5, 5.41) is 3.05. The van der Waals surface area contributed by atoms with Gasteiger partial charge in [0.25, 0.3) is 5.91 Å². The Morgan fingerprint density at radius 2 is 1.41 bits per heavy atom. The molecule has 5 heteroatoms. The highest BCUT2D eigenvalue weighted by Crippen LogP contribution is 2.28. The Balaban J connectivity index is 1.44. The van der Waals surface area contributed by atoms with Crippen LogP contribution in [0.1, 0.15) is 44.7 Å². The number of carbonyl (C=O) groups is 2. The Morgan fingerprint density at radius 1 is 0.793 bits per heavy atom. The van der Waals surface area contributed by atoms with Crippen molar-refractivity contribution in [2.45, 2.75) is 25.7 Å². The topological polar surface area (TPSA) is 81.4 Å². The van der Waals surface area contributed by atoms with E-state index in [0.29, 0.717) is 22.6 Å². The summed E-state index contributed by atoms with van der Waals surface area (Å²) >= 11 is 0. The lowest BCUT2D eigenvalue weighted by atomic mass is 9.90. The third-order valence-electron chi connectivity index (χ3n) is 5.14. The molecule has 0 spiro atoms. The number of nitrogens with two attached hydrogens (primary N) is 1. The van der Waals surface area contributed by atoms with Gasteiger partial charge in [0.1, 0.15) is 11.5 Å². The van der Waals surface area contributed by atoms with E-state index in [1.807, 2.05) is 12.1 Å². The molecule has 0 atom stereocenters. The molecule has 0 aromatic heterocycles. The van der Waals surface area contributed by atoms with E-state index in [1.165, 1.54) is 17.5 Å². The van der Waals surface area contributed by atoms with Crippen molar-refractivity contribution in [2.75, 3.05) is 5.32 Å². The Hall–Kier alpha value is -3.60. The number of aryl methyl sites for hydroxylation is 1. The predicted molar refractivity (Wildman–Crippen MR) is 113 cm³/mol. The third-order valence-corrected chi connectivity index (χ3v) is 5.14. The first kappa shape index (κ1) is 18.7. The van der Waals surface area contributed by atoms with Gasteiger partial charge in [-0.05, 0) is 91.4 Å². The van der Waals surface area contributed by atoms with Crippen LogP contribution in [0.25, 0.3) is 0 Å². The van der Waals surface area contributed by atoms with Crippen LogP contribution < -0.4 is 15.8 Å². The first-order valence-corrected chi connectivity index (χ1v) is 9.70. The molecule has 0 saturated carbocycles. The minimum atomic E-state index is -0.480. The van der Waals surface area contributed by atoms with E-state index in [4.69, 9.17) is 10.5 Å². The van der Waals surface area contributed by atoms with Crippen LogP contribution in [0, 0.1) is 0 Å². The first-order valence-electron chi connectivity index (χ1n) is 9.70. The molecule has 3 aromatic carbocycles. The van der Waals surface area contributed by atoms with E-state index in [-0.39, 0.29) is 5.91 Å². The second-order valence-corrected chi connectivity index (χ2v) is 7.12. The summed E-state index contributed by atoms with van der Waals surface area (Å²) in [7, 11) is 0. The predicted octanol–water partition coefficient (Wildman–Crippen LogP) is 4.71. The fourth-order valence-electron chi connectivity index (χ4n) is 3.59. The zero-order valence-electron chi connectivity index (χ0n) is 16.0. The molecule has 0 heterocycles. The van der Waals surface area contributed by atoms with Crippen LogP contribution in [0.5, 0.6) is 11.5 Å². The zero-order chi connectivity index (χ0) is 20.2. The average Bonchev–Trinajstić information content (AvgIpc) is 2.75. The summed E-state index contributed by atoms with van der Waals surface area (Å²) in [5.74, 6) is 0.571. The normalized spacial score (nSPS) is 12.7. The molecule has 0 saturated heterocycles. The van der Waals surface area contributed by atoms with Crippen molar-refractivity contribution in [2.24, 2.45) is 5.73 Å². The molecule has 3 aromatic rings. The molecule has 5 nitrogen and oxygen atoms in total. The van der Waals surface area contributed by atoms with Crippen molar-refractivity contribution in [3.05, 3.63) is 89.0 Å². The highest BCUT2D eigenvalue weighted by molar-refractivity contribution is 6.04. The van der Waals surface area contributed by atoms with Gasteiger partial charge in [-0.25, -0.2) is 0 Å². The summed E-state index contributed by atoms with van der Waals surface area (Å²) in [6.07, 6.45) is 4.45. The lowest BCUT2D eigenvalue weighted by molar-refractivity contribution is 0.0997. The van der Waals surface area contributed by atoms with E-state index in [2.05, 4.69) is 11.4 Å². The Labute approximate surface area is 169 Å². The Morgan fingerprint density at radius 3 is 2.07 bits per heavy atom. The number of rotatable bonds is 5. The number of amides is 2. The van der Waals surface area contributed by atoms with Crippen LogP contribution in [0.2, 0.25) is 0 Å². The smallest absolute Gasteiger partial charge is 0.255 e. The van der Waals surface area contributed by atoms with Crippen LogP contribution in [-0.2, 0) is 12.8 Å². The molecule has 0 fully saturated rings. The van der Waals surface area contributed by atoms with Crippen molar-refractivity contribution in [1.82, 2.24) is 0 Å². The highest BCUT2D eigenvalue weighted by atomic mass is 16.5. The van der Waals surface area contributed by atoms with Gasteiger partial charge in [-0.3, -0.25) is 9.59 Å². The standard InChI is InChI=1S/C24H22N2O3/c25-23(27)17-8-12-19(13-9-17)29-20-14-10-18(11-15-20)24(28)26-22-7-3-5-16-4-1-2-6-21(16)22/h3,5,7-15H,1-2,4,6H2,(H2,25,27)(H,26,28). The van der Waals surface area contributed by atoms with Crippen molar-refractivity contribution < 1.29 is 14.3 Å². The average molecular weight is 386 g/mol. The first-order chi connectivity index (χ1) is 14.1. The Kier molecular flexibility index (Phi) is 5.29. The maximum atomic E-state index is 12.7. The van der Waals surface area contributed by atoms with Crippen LogP contribution in [-0.4, -0.2) is 11.8 Å². The fourth-order valence-corrected chi connectivity index (χ4v) is 3.59. The summed E-state index contributed by atoms with van der Waals surface area (Å²) in [6.45, 7) is 0. The number of benzene rings is 3. The fraction of sp³-hybridized carbons (Fsp3) is 0.167. The molecular weight excluding hydrogens is 364 g/mol. The van der Waals surface area contributed by atoms with Crippen molar-refractivity contribution in [3.8, 4) is 11.5 Å². The molecule has 1 aliphatic rings. The summed E-state index contributed by atoms with van der Waals surface area (Å²) in [4.78, 5) is 23.8. The molecule has 4 rings (SSSR count). The van der Waals surface area contributed by atoms with E-state index in [9.17, 15) is 9.59 Å². The summed E-state index contributed by atoms with van der Waals surface area (Å²) < 4.78 is 5.76. The Bertz CT molecular complexity index is 1040. The molecule has 3 N–H and O–H groups in total. The number of nitrogens with one attached hydrogen (secondary N) is 1. The van der Waals surface area contributed by atoms with Crippen LogP contribution in [0.3, 0.4) is 0 Å². The van der Waals surface area contributed by atoms with Crippen LogP contribution in [0.4, 0.5) is 5.69 Å². The third kappa shape index (κ3) is 4.29. The maximum absolute atomic E-state index is 12.7. The van der Waals surface area contributed by atoms with Gasteiger partial charge in [-0.2, -0.15) is 0 Å². The number of ether oxygens (including phenoxy) is 1. The zero-order valence-corrected chi connectivity index (χ0v) is 16.0. The highest BCUT2D eigenvalue weighted by Gasteiger charge is 2.15. The molecule has 146 valence electrons. The summed E-state index contributed by atoms with van der Waals surface area (Å²) in [6, 6.07) is 19.7. The van der Waals surface area contributed by atoms with Crippen molar-refractivity contribution >= 4 is 17.5 Å². The van der Waals surface area contributed by atoms with E-state index in [1.54, 1.807) is 48.5 Å². The minimum Gasteiger partial charge on any atom is -0.457 e. The number of hydrogen-bond donors (Lipinski definition) is 2. The van der Waals surface area contributed by atoms with Gasteiger partial charge in [-0.15, -0.1) is 0 Å².